The van der Waals surface area contributed by atoms with E-state index < -0.39 is 0 Å². The third-order valence-corrected chi connectivity index (χ3v) is 6.46. The van der Waals surface area contributed by atoms with Gasteiger partial charge in [0, 0.05) is 11.8 Å². The first-order chi connectivity index (χ1) is 9.88. The predicted octanol–water partition coefficient (Wildman–Crippen LogP) is 5.62. The number of hydrogen-bond acceptors (Lipinski definition) is 1. The van der Waals surface area contributed by atoms with Crippen LogP contribution in [-0.4, -0.2) is 0 Å². The van der Waals surface area contributed by atoms with Crippen molar-refractivity contribution in [1.82, 2.24) is 0 Å². The van der Waals surface area contributed by atoms with Crippen LogP contribution in [0.5, 0.6) is 0 Å². The largest absolute Gasteiger partial charge is 0.458 e. The van der Waals surface area contributed by atoms with E-state index in [-0.39, 0.29) is 0 Å². The van der Waals surface area contributed by atoms with Gasteiger partial charge < -0.3 is 4.74 Å². The van der Waals surface area contributed by atoms with Gasteiger partial charge in [0.25, 0.3) is 0 Å². The van der Waals surface area contributed by atoms with Gasteiger partial charge in [0.2, 0.25) is 0 Å². The molecule has 1 heterocycles. The smallest absolute Gasteiger partial charge is 0.146 e. The molecule has 0 aromatic carbocycles. The molecule has 4 aliphatic carbocycles. The van der Waals surface area contributed by atoms with Crippen LogP contribution in [0.2, 0.25) is 0 Å². The zero-order valence-corrected chi connectivity index (χ0v) is 14.0. The van der Waals surface area contributed by atoms with E-state index in [4.69, 9.17) is 4.74 Å². The first-order valence-electron chi connectivity index (χ1n) is 9.30. The Labute approximate surface area is 125 Å². The van der Waals surface area contributed by atoms with Crippen molar-refractivity contribution < 1.29 is 4.74 Å². The van der Waals surface area contributed by atoms with Crippen molar-refractivity contribution in [1.29, 1.82) is 0 Å². The first kappa shape index (κ1) is 14.5. The van der Waals surface area contributed by atoms with Crippen molar-refractivity contribution in [3.05, 3.63) is 11.5 Å². The third kappa shape index (κ3) is 1.74. The fraction of sp³-hybridized carbons (Fsp3) is 0.895. The van der Waals surface area contributed by atoms with Gasteiger partial charge in [0.15, 0.2) is 0 Å². The molecular weight excluding hydrogens is 244 g/mol. The van der Waals surface area contributed by atoms with Crippen LogP contribution in [0.15, 0.2) is 11.5 Å². The van der Waals surface area contributed by atoms with Crippen LogP contribution in [0.3, 0.4) is 0 Å². The Kier molecular flexibility index (Phi) is 3.90. The van der Waals surface area contributed by atoms with Gasteiger partial charge in [-0.3, -0.25) is 0 Å². The van der Waals surface area contributed by atoms with Gasteiger partial charge >= 0.3 is 0 Å². The Morgan fingerprint density at radius 1 is 0.900 bits per heavy atom. The topological polar surface area (TPSA) is 12.5 Å². The molecule has 0 radical (unpaired) electrons. The third-order valence-electron chi connectivity index (χ3n) is 6.46. The minimum absolute atomic E-state index is 0.889. The Hall–Kier alpha value is -0.460. The molecule has 114 valence electrons. The summed E-state index contributed by atoms with van der Waals surface area (Å²) in [6.45, 7) is 10.4. The number of rotatable bonds is 2. The van der Waals surface area contributed by atoms with Crippen LogP contribution < -0.4 is 0 Å². The lowest BCUT2D eigenvalue weighted by atomic mass is 9.68. The average Bonchev–Trinajstić information content (AvgIpc) is 2.86. The Bertz CT molecular complexity index is 397. The summed E-state index contributed by atoms with van der Waals surface area (Å²) in [6, 6.07) is 0. The highest BCUT2D eigenvalue weighted by Crippen LogP contribution is 2.74. The molecule has 4 bridgehead atoms. The van der Waals surface area contributed by atoms with Gasteiger partial charge in [-0.2, -0.15) is 0 Å². The van der Waals surface area contributed by atoms with Gasteiger partial charge in [0.05, 0.1) is 0 Å². The number of ether oxygens (including phenoxy) is 1. The highest BCUT2D eigenvalue weighted by molar-refractivity contribution is 5.37. The minimum atomic E-state index is 0.889. The van der Waals surface area contributed by atoms with Crippen LogP contribution in [0.4, 0.5) is 0 Å². The Morgan fingerprint density at radius 3 is 2.20 bits per heavy atom. The van der Waals surface area contributed by atoms with Crippen molar-refractivity contribution >= 4 is 0 Å². The average molecular weight is 276 g/mol. The van der Waals surface area contributed by atoms with Crippen LogP contribution in [0, 0.1) is 41.4 Å². The molecule has 5 aliphatic rings. The summed E-state index contributed by atoms with van der Waals surface area (Å²) in [4.78, 5) is 0. The van der Waals surface area contributed by atoms with Crippen LogP contribution in [0.25, 0.3) is 0 Å². The molecule has 1 heteroatoms. The van der Waals surface area contributed by atoms with Crippen LogP contribution in [-0.2, 0) is 4.74 Å². The van der Waals surface area contributed by atoms with E-state index in [1.54, 1.807) is 12.8 Å². The van der Waals surface area contributed by atoms with E-state index in [0.29, 0.717) is 0 Å². The SMILES string of the molecule is CC.CC.CCCC1CC2CC1C1C3CC(C4=C3O4)C21. The lowest BCUT2D eigenvalue weighted by Gasteiger charge is -2.35. The molecule has 7 atom stereocenters. The van der Waals surface area contributed by atoms with Gasteiger partial charge in [-0.25, -0.2) is 0 Å². The lowest BCUT2D eigenvalue weighted by Crippen LogP contribution is -2.30. The normalized spacial score (nSPS) is 47.8. The molecule has 7 unspecified atom stereocenters. The van der Waals surface area contributed by atoms with Crippen LogP contribution >= 0.6 is 0 Å². The maximum absolute atomic E-state index is 5.73. The molecule has 1 nitrogen and oxygen atoms in total. The number of allylic oxidation sites excluding steroid dienone is 2. The summed E-state index contributed by atoms with van der Waals surface area (Å²) < 4.78 is 5.73. The van der Waals surface area contributed by atoms with Gasteiger partial charge in [0.1, 0.15) is 11.5 Å². The quantitative estimate of drug-likeness (QED) is 0.596. The summed E-state index contributed by atoms with van der Waals surface area (Å²) in [7, 11) is 0. The molecule has 5 rings (SSSR count). The zero-order chi connectivity index (χ0) is 14.4. The van der Waals surface area contributed by atoms with Crippen molar-refractivity contribution in [3.8, 4) is 0 Å². The minimum Gasteiger partial charge on any atom is -0.458 e. The molecule has 0 spiro atoms. The molecule has 1 aliphatic heterocycles. The van der Waals surface area contributed by atoms with Crippen molar-refractivity contribution in [2.75, 3.05) is 0 Å². The second kappa shape index (κ2) is 5.39. The van der Waals surface area contributed by atoms with E-state index >= 15 is 0 Å². The van der Waals surface area contributed by atoms with Gasteiger partial charge in [-0.15, -0.1) is 0 Å². The summed E-state index contributed by atoms with van der Waals surface area (Å²) in [5, 5.41) is 0. The Balaban J connectivity index is 0.000000281. The lowest BCUT2D eigenvalue weighted by molar-refractivity contribution is 0.143. The molecule has 20 heavy (non-hydrogen) atoms. The molecule has 0 N–H and O–H groups in total. The van der Waals surface area contributed by atoms with E-state index in [0.717, 1.165) is 41.4 Å². The molecule has 3 fully saturated rings. The van der Waals surface area contributed by atoms with Crippen LogP contribution in [0.1, 0.15) is 66.7 Å². The summed E-state index contributed by atoms with van der Waals surface area (Å²) in [6.07, 6.45) is 7.50. The summed E-state index contributed by atoms with van der Waals surface area (Å²) in [5.41, 5.74) is 0. The Morgan fingerprint density at radius 2 is 1.55 bits per heavy atom. The fourth-order valence-corrected chi connectivity index (χ4v) is 6.21. The maximum atomic E-state index is 5.73. The molecule has 0 amide bonds. The maximum Gasteiger partial charge on any atom is 0.146 e. The van der Waals surface area contributed by atoms with Gasteiger partial charge in [-0.05, 0) is 48.9 Å². The van der Waals surface area contributed by atoms with E-state index in [1.807, 2.05) is 27.7 Å². The van der Waals surface area contributed by atoms with E-state index in [9.17, 15) is 0 Å². The second-order valence-corrected chi connectivity index (χ2v) is 6.88. The van der Waals surface area contributed by atoms with Crippen molar-refractivity contribution in [3.63, 3.8) is 0 Å². The molecule has 0 aromatic rings. The molecule has 0 aromatic heterocycles. The molecule has 3 saturated carbocycles. The summed E-state index contributed by atoms with van der Waals surface area (Å²) >= 11 is 0. The summed E-state index contributed by atoms with van der Waals surface area (Å²) in [5.74, 6) is 10.1. The molecular formula is C19H32O. The first-order valence-corrected chi connectivity index (χ1v) is 9.30. The highest BCUT2D eigenvalue weighted by Gasteiger charge is 2.69. The second-order valence-electron chi connectivity index (χ2n) is 6.88. The highest BCUT2D eigenvalue weighted by atomic mass is 16.6. The van der Waals surface area contributed by atoms with Crippen molar-refractivity contribution in [2.45, 2.75) is 66.7 Å². The van der Waals surface area contributed by atoms with E-state index in [2.05, 4.69) is 6.92 Å². The predicted molar refractivity (Wildman–Crippen MR) is 84.0 cm³/mol. The van der Waals surface area contributed by atoms with Gasteiger partial charge in [-0.1, -0.05) is 47.5 Å². The van der Waals surface area contributed by atoms with E-state index in [1.165, 1.54) is 30.8 Å². The fourth-order valence-electron chi connectivity index (χ4n) is 6.21. The monoisotopic (exact) mass is 276 g/mol. The number of hydrogen-bond donors (Lipinski definition) is 0. The van der Waals surface area contributed by atoms with Crippen molar-refractivity contribution in [2.24, 2.45) is 41.4 Å². The zero-order valence-electron chi connectivity index (χ0n) is 14.0. The standard InChI is InChI=1S/C15H20O.2C2H6/c1-2-3-7-4-8-5-9(7)13-11-6-10(12(8)13)14-15(11)16-14;2*1-2/h7-13H,2-6H2,1H3;2*1-2H3. The molecule has 0 saturated heterocycles. The number of fused-ring (bicyclic) bond motifs is 11.